The average Bonchev–Trinajstić information content (AvgIpc) is 3.25. The second-order valence-corrected chi connectivity index (χ2v) is 16.8. The van der Waals surface area contributed by atoms with Crippen LogP contribution < -0.4 is 0 Å². The number of hydrogen-bond acceptors (Lipinski definition) is 18. The van der Waals surface area contributed by atoms with Crippen molar-refractivity contribution in [1.29, 1.82) is 0 Å². The first kappa shape index (κ1) is 54.3. The maximum atomic E-state index is 12.5. The molecule has 0 saturated carbocycles. The van der Waals surface area contributed by atoms with Crippen LogP contribution in [0.3, 0.4) is 0 Å². The Morgan fingerprint density at radius 1 is 0.475 bits per heavy atom. The van der Waals surface area contributed by atoms with Crippen LogP contribution in [-0.2, 0) is 42.7 Å². The first-order valence-corrected chi connectivity index (χ1v) is 23.0. The first-order valence-electron chi connectivity index (χ1n) is 23.0. The van der Waals surface area contributed by atoms with Gasteiger partial charge in [-0.1, -0.05) is 96.8 Å². The molecule has 0 spiro atoms. The lowest BCUT2D eigenvalue weighted by molar-refractivity contribution is -0.390. The number of ether oxygens (including phenoxy) is 8. The fraction of sp³-hybridized carbons (Fsp3) is 0.977. The molecule has 0 aromatic carbocycles. The molecule has 15 atom stereocenters. The monoisotopic (exact) mass is 885 g/mol. The van der Waals surface area contributed by atoms with E-state index in [1.165, 1.54) is 90.4 Å². The van der Waals surface area contributed by atoms with E-state index in [0.717, 1.165) is 12.8 Å². The Bertz CT molecular complexity index is 1120. The average molecular weight is 885 g/mol. The molecular formula is C43H80O18. The highest BCUT2D eigenvalue weighted by atomic mass is 16.8. The summed E-state index contributed by atoms with van der Waals surface area (Å²) in [4.78, 5) is 12.5. The molecule has 3 heterocycles. The lowest BCUT2D eigenvalue weighted by atomic mass is 9.96. The zero-order chi connectivity index (χ0) is 44.6. The Hall–Kier alpha value is -1.01. The second-order valence-electron chi connectivity index (χ2n) is 16.8. The third-order valence-corrected chi connectivity index (χ3v) is 11.7. The van der Waals surface area contributed by atoms with Gasteiger partial charge < -0.3 is 83.9 Å². The van der Waals surface area contributed by atoms with Crippen LogP contribution >= 0.6 is 0 Å². The van der Waals surface area contributed by atoms with E-state index in [2.05, 4.69) is 6.92 Å². The zero-order valence-corrected chi connectivity index (χ0v) is 36.5. The van der Waals surface area contributed by atoms with Crippen molar-refractivity contribution in [2.75, 3.05) is 46.2 Å². The molecule has 0 aliphatic carbocycles. The molecule has 3 fully saturated rings. The Morgan fingerprint density at radius 3 is 1.54 bits per heavy atom. The zero-order valence-electron chi connectivity index (χ0n) is 36.5. The molecule has 18 nitrogen and oxygen atoms in total. The highest BCUT2D eigenvalue weighted by Gasteiger charge is 2.54. The molecule has 18 heteroatoms. The van der Waals surface area contributed by atoms with Gasteiger partial charge in [0.1, 0.15) is 73.8 Å². The predicted molar refractivity (Wildman–Crippen MR) is 219 cm³/mol. The van der Waals surface area contributed by atoms with Gasteiger partial charge in [-0.25, -0.2) is 0 Å². The number of aliphatic hydroxyl groups excluding tert-OH is 9. The minimum atomic E-state index is -1.87. The number of Topliss-reactive ketones (excluding diaryl/α,β-unsaturated/α-hetero) is 1. The molecule has 3 aliphatic heterocycles. The molecule has 0 aromatic rings. The van der Waals surface area contributed by atoms with Crippen LogP contribution in [0.1, 0.15) is 129 Å². The molecule has 61 heavy (non-hydrogen) atoms. The molecule has 9 N–H and O–H groups in total. The van der Waals surface area contributed by atoms with Gasteiger partial charge in [0.25, 0.3) is 0 Å². The molecule has 0 radical (unpaired) electrons. The van der Waals surface area contributed by atoms with Gasteiger partial charge in [0.2, 0.25) is 0 Å². The van der Waals surface area contributed by atoms with Crippen molar-refractivity contribution in [3.05, 3.63) is 0 Å². The molecule has 0 amide bonds. The Morgan fingerprint density at radius 2 is 0.951 bits per heavy atom. The number of hydrogen-bond donors (Lipinski definition) is 9. The molecule has 3 aliphatic rings. The lowest BCUT2D eigenvalue weighted by Crippen LogP contribution is -2.67. The minimum absolute atomic E-state index is 0.0152. The quantitative estimate of drug-likeness (QED) is 0.0418. The molecule has 0 aromatic heterocycles. The van der Waals surface area contributed by atoms with Gasteiger partial charge >= 0.3 is 0 Å². The molecule has 6 unspecified atom stereocenters. The third-order valence-electron chi connectivity index (χ3n) is 11.7. The van der Waals surface area contributed by atoms with Gasteiger partial charge in [-0.2, -0.15) is 0 Å². The van der Waals surface area contributed by atoms with E-state index in [1.54, 1.807) is 0 Å². The number of aliphatic hydroxyl groups is 9. The summed E-state index contributed by atoms with van der Waals surface area (Å²) in [6.45, 7) is 3.53. The van der Waals surface area contributed by atoms with Gasteiger partial charge in [0.05, 0.1) is 32.5 Å². The summed E-state index contributed by atoms with van der Waals surface area (Å²) in [5.74, 6) is -0.104. The van der Waals surface area contributed by atoms with Crippen LogP contribution in [0.25, 0.3) is 0 Å². The van der Waals surface area contributed by atoms with Gasteiger partial charge in [0.15, 0.2) is 24.7 Å². The van der Waals surface area contributed by atoms with E-state index in [0.29, 0.717) is 32.7 Å². The number of carbonyl (C=O) groups excluding carboxylic acids is 1. The fourth-order valence-corrected chi connectivity index (χ4v) is 7.77. The van der Waals surface area contributed by atoms with Crippen molar-refractivity contribution in [2.24, 2.45) is 0 Å². The summed E-state index contributed by atoms with van der Waals surface area (Å²) in [5, 5.41) is 93.5. The standard InChI is InChI=1S/C43H80O18/c1-3-4-5-6-7-8-9-10-11-12-13-14-15-16-18-21-54-23-24-55-27-29(46)20-17-19-22-56-43-40(61-41-37(52)35(50)32(47)28(2)57-41)39(34(49)31(26-45)59-43)60-42-38(53)36(51)33(48)30(25-44)58-42/h28,30-45,47-53H,3-27H2,1-2H3/t28?,30?,31?,32-,33+,34+,35+,36+,37?,38?,39+,40?,41+,42+,43-/m1/s1. The summed E-state index contributed by atoms with van der Waals surface area (Å²) in [7, 11) is 0. The van der Waals surface area contributed by atoms with Crippen molar-refractivity contribution in [1.82, 2.24) is 0 Å². The lowest BCUT2D eigenvalue weighted by Gasteiger charge is -2.48. The molecule has 360 valence electrons. The molecule has 0 bridgehead atoms. The highest BCUT2D eigenvalue weighted by Crippen LogP contribution is 2.34. The van der Waals surface area contributed by atoms with E-state index >= 15 is 0 Å². The number of carbonyl (C=O) groups is 1. The van der Waals surface area contributed by atoms with Gasteiger partial charge in [0, 0.05) is 19.6 Å². The fourth-order valence-electron chi connectivity index (χ4n) is 7.77. The predicted octanol–water partition coefficient (Wildman–Crippen LogP) is 1.12. The van der Waals surface area contributed by atoms with Crippen LogP contribution in [0.5, 0.6) is 0 Å². The van der Waals surface area contributed by atoms with Crippen molar-refractivity contribution >= 4 is 5.78 Å². The highest BCUT2D eigenvalue weighted by molar-refractivity contribution is 5.79. The van der Waals surface area contributed by atoms with Crippen molar-refractivity contribution in [3.8, 4) is 0 Å². The van der Waals surface area contributed by atoms with E-state index in [1.807, 2.05) is 0 Å². The van der Waals surface area contributed by atoms with Crippen molar-refractivity contribution < 1.29 is 88.6 Å². The second kappa shape index (κ2) is 31.0. The summed E-state index contributed by atoms with van der Waals surface area (Å²) in [6.07, 6.45) is -3.06. The van der Waals surface area contributed by atoms with E-state index < -0.39 is 105 Å². The van der Waals surface area contributed by atoms with Crippen molar-refractivity contribution in [2.45, 2.75) is 222 Å². The summed E-state index contributed by atoms with van der Waals surface area (Å²) >= 11 is 0. The molecule has 3 saturated heterocycles. The minimum Gasteiger partial charge on any atom is -0.394 e. The van der Waals surface area contributed by atoms with E-state index in [9.17, 15) is 50.8 Å². The Balaban J connectivity index is 1.35. The van der Waals surface area contributed by atoms with Crippen LogP contribution in [0.4, 0.5) is 0 Å². The molecule has 3 rings (SSSR count). The summed E-state index contributed by atoms with van der Waals surface area (Å²) in [5.41, 5.74) is 0. The largest absolute Gasteiger partial charge is 0.394 e. The summed E-state index contributed by atoms with van der Waals surface area (Å²) in [6, 6.07) is 0. The third kappa shape index (κ3) is 18.8. The SMILES string of the molecule is CCCCCCCCCCCCCCCCCOCCOCC(=O)CCCCO[C@@H]1OC(CO)[C@H](O)[C@H](O[C@@H]2OC(CO)[C@H](O)[C@H](O)C2O)C1O[C@@H]1OC(C)[C@@H](O)[C@H](O)C1O. The van der Waals surface area contributed by atoms with Crippen molar-refractivity contribution in [3.63, 3.8) is 0 Å². The van der Waals surface area contributed by atoms with Crippen LogP contribution in [0, 0.1) is 0 Å². The number of unbranched alkanes of at least 4 members (excludes halogenated alkanes) is 15. The summed E-state index contributed by atoms with van der Waals surface area (Å²) < 4.78 is 45.9. The maximum absolute atomic E-state index is 12.5. The maximum Gasteiger partial charge on any atom is 0.187 e. The number of rotatable bonds is 33. The van der Waals surface area contributed by atoms with E-state index in [4.69, 9.17) is 37.9 Å². The Labute approximate surface area is 361 Å². The first-order chi connectivity index (χ1) is 29.4. The van der Waals surface area contributed by atoms with Crippen LogP contribution in [-0.4, -0.2) is 190 Å². The van der Waals surface area contributed by atoms with Crippen LogP contribution in [0.2, 0.25) is 0 Å². The molecular weight excluding hydrogens is 804 g/mol. The normalized spacial score (nSPS) is 34.5. The van der Waals surface area contributed by atoms with Gasteiger partial charge in [-0.3, -0.25) is 4.79 Å². The van der Waals surface area contributed by atoms with Gasteiger partial charge in [-0.05, 0) is 26.2 Å². The van der Waals surface area contributed by atoms with Crippen LogP contribution in [0.15, 0.2) is 0 Å². The number of ketones is 1. The smallest absolute Gasteiger partial charge is 0.187 e. The van der Waals surface area contributed by atoms with Gasteiger partial charge in [-0.15, -0.1) is 0 Å². The topological polar surface area (TPSA) is 273 Å². The Kier molecular flexibility index (Phi) is 27.6. The van der Waals surface area contributed by atoms with E-state index in [-0.39, 0.29) is 25.4 Å².